The van der Waals surface area contributed by atoms with Crippen molar-refractivity contribution in [2.24, 2.45) is 15.6 Å². The minimum atomic E-state index is -3.65. The summed E-state index contributed by atoms with van der Waals surface area (Å²) >= 11 is 6.59. The summed E-state index contributed by atoms with van der Waals surface area (Å²) in [4.78, 5) is 69.8. The second kappa shape index (κ2) is 20.6. The van der Waals surface area contributed by atoms with Gasteiger partial charge in [0, 0.05) is 54.0 Å². The topological polar surface area (TPSA) is 184 Å². The Labute approximate surface area is 410 Å². The van der Waals surface area contributed by atoms with Gasteiger partial charge in [0.2, 0.25) is 23.6 Å². The highest BCUT2D eigenvalue weighted by Gasteiger charge is 2.53. The highest BCUT2D eigenvalue weighted by Crippen LogP contribution is 2.52. The summed E-state index contributed by atoms with van der Waals surface area (Å²) < 4.78 is 32.8. The molecular weight excluding hydrogens is 916 g/mol. The molecule has 0 aliphatic carbocycles. The molecule has 2 N–H and O–H groups in total. The minimum Gasteiger partial charge on any atom is -0.493 e. The molecule has 3 heterocycles. The van der Waals surface area contributed by atoms with Gasteiger partial charge >= 0.3 is 0 Å². The van der Waals surface area contributed by atoms with Gasteiger partial charge in [0.05, 0.1) is 39.9 Å². The Hall–Kier alpha value is -5.93. The van der Waals surface area contributed by atoms with Gasteiger partial charge in [-0.25, -0.2) is 8.42 Å². The van der Waals surface area contributed by atoms with Gasteiger partial charge < -0.3 is 19.9 Å². The number of nitrogens with one attached hydrogen (secondary N) is 2. The molecule has 0 saturated carbocycles. The molecule has 0 bridgehead atoms. The summed E-state index contributed by atoms with van der Waals surface area (Å²) in [5, 5.41) is 14.9. The maximum Gasteiger partial charge on any atom is 0.255 e. The smallest absolute Gasteiger partial charge is 0.255 e. The van der Waals surface area contributed by atoms with Gasteiger partial charge in [-0.05, 0) is 126 Å². The quantitative estimate of drug-likeness (QED) is 0.0632. The number of amides is 5. The molecule has 7 rings (SSSR count). The molecule has 4 aromatic rings. The number of azo groups is 1. The SMILES string of the molecule is CC[C@@H](CS(=O)(=O)C(C)(C)C)N1C(=O)[C@@](C)(CC(=O)NCCCOc2c(C)cc(N=Nc3cccc4c3CN(C3CCC(=O)NC3=O)C4=O)cc2C)C[C@H](c2cccc(Cl)c2)[C@H]1c1ccc(C)cc1. The van der Waals surface area contributed by atoms with Crippen molar-refractivity contribution >= 4 is 62.3 Å². The molecule has 3 aliphatic heterocycles. The Balaban J connectivity index is 1.01. The molecule has 0 spiro atoms. The Morgan fingerprint density at radius 1 is 0.957 bits per heavy atom. The normalized spacial score (nSPS) is 21.4. The number of hydrogen-bond donors (Lipinski definition) is 2. The molecule has 5 amide bonds. The van der Waals surface area contributed by atoms with Crippen LogP contribution in [0, 0.1) is 26.2 Å². The van der Waals surface area contributed by atoms with Gasteiger partial charge in [0.15, 0.2) is 9.84 Å². The van der Waals surface area contributed by atoms with E-state index in [0.29, 0.717) is 65.7 Å². The summed E-state index contributed by atoms with van der Waals surface area (Å²) in [6.45, 7) is 15.4. The fraction of sp³-hybridized carbons (Fsp3) is 0.453. The molecule has 5 atom stereocenters. The molecule has 0 radical (unpaired) electrons. The summed E-state index contributed by atoms with van der Waals surface area (Å²) in [6, 6.07) is 22.6. The van der Waals surface area contributed by atoms with E-state index in [-0.39, 0.29) is 61.1 Å². The predicted octanol–water partition coefficient (Wildman–Crippen LogP) is 9.47. The van der Waals surface area contributed by atoms with Crippen LogP contribution in [-0.4, -0.2) is 83.5 Å². The highest BCUT2D eigenvalue weighted by molar-refractivity contribution is 7.92. The zero-order valence-electron chi connectivity index (χ0n) is 40.7. The third-order valence-corrected chi connectivity index (χ3v) is 16.6. The third-order valence-electron chi connectivity index (χ3n) is 13.7. The van der Waals surface area contributed by atoms with E-state index in [9.17, 15) is 27.6 Å². The van der Waals surface area contributed by atoms with Gasteiger partial charge in [-0.3, -0.25) is 29.3 Å². The Morgan fingerprint density at radius 2 is 1.65 bits per heavy atom. The van der Waals surface area contributed by atoms with Crippen LogP contribution in [0.25, 0.3) is 0 Å². The number of likely N-dealkylation sites (tertiary alicyclic amines) is 1. The number of sulfone groups is 1. The first kappa shape index (κ1) is 50.9. The fourth-order valence-corrected chi connectivity index (χ4v) is 11.4. The second-order valence-electron chi connectivity index (χ2n) is 20.0. The van der Waals surface area contributed by atoms with Crippen molar-refractivity contribution in [2.75, 3.05) is 18.9 Å². The van der Waals surface area contributed by atoms with Crippen LogP contribution in [0.4, 0.5) is 11.4 Å². The predicted molar refractivity (Wildman–Crippen MR) is 266 cm³/mol. The number of carbonyl (C=O) groups is 5. The largest absolute Gasteiger partial charge is 0.493 e. The zero-order chi connectivity index (χ0) is 50.0. The average Bonchev–Trinajstić information content (AvgIpc) is 3.62. The van der Waals surface area contributed by atoms with E-state index in [4.69, 9.17) is 16.3 Å². The lowest BCUT2D eigenvalue weighted by Crippen LogP contribution is -2.58. The Morgan fingerprint density at radius 3 is 2.30 bits per heavy atom. The maximum atomic E-state index is 15.1. The average molecular weight is 980 g/mol. The van der Waals surface area contributed by atoms with Crippen LogP contribution in [0.15, 0.2) is 89.1 Å². The lowest BCUT2D eigenvalue weighted by molar-refractivity contribution is -0.156. The fourth-order valence-electron chi connectivity index (χ4n) is 9.83. The van der Waals surface area contributed by atoms with Crippen LogP contribution < -0.4 is 15.4 Å². The van der Waals surface area contributed by atoms with Gasteiger partial charge in [0.25, 0.3) is 5.91 Å². The van der Waals surface area contributed by atoms with Crippen molar-refractivity contribution in [1.29, 1.82) is 0 Å². The third kappa shape index (κ3) is 11.1. The number of hydrogen-bond acceptors (Lipinski definition) is 10. The first-order valence-corrected chi connectivity index (χ1v) is 25.7. The van der Waals surface area contributed by atoms with Crippen LogP contribution >= 0.6 is 11.6 Å². The van der Waals surface area contributed by atoms with Gasteiger partial charge in [0.1, 0.15) is 11.8 Å². The van der Waals surface area contributed by atoms with Crippen molar-refractivity contribution in [3.8, 4) is 5.75 Å². The molecule has 1 unspecified atom stereocenters. The number of carbonyl (C=O) groups excluding carboxylic acids is 5. The van der Waals surface area contributed by atoms with Crippen LogP contribution in [0.5, 0.6) is 5.75 Å². The van der Waals surface area contributed by atoms with Crippen molar-refractivity contribution in [3.05, 3.63) is 123 Å². The Kier molecular flexibility index (Phi) is 15.2. The molecule has 2 saturated heterocycles. The summed E-state index contributed by atoms with van der Waals surface area (Å²) in [5.41, 5.74) is 5.55. The first-order chi connectivity index (χ1) is 32.6. The summed E-state index contributed by atoms with van der Waals surface area (Å²) in [7, 11) is -3.65. The number of piperidine rings is 2. The Bertz CT molecular complexity index is 2770. The van der Waals surface area contributed by atoms with Crippen LogP contribution in [0.2, 0.25) is 5.02 Å². The van der Waals surface area contributed by atoms with E-state index >= 15 is 4.79 Å². The standard InChI is InChI=1S/C53H63ClN6O8S/c1-9-39(31-69(66,67)52(5,6)7)60-47(35-19-17-32(2)18-20-35)41(36-13-10-14-37(54)27-36)28-53(8,51(60)65)29-46(62)55-23-12-24-68-48-33(3)25-38(26-34(48)4)57-58-43-16-11-15-40-42(43)30-59(50(40)64)44-21-22-45(61)56-49(44)63/h10-11,13-20,25-27,39,41,44,47H,9,12,21-24,28-31H2,1-8H3,(H,55,62)(H,56,61,63)/t39-,41+,44?,47+,53+/m0/s1. The van der Waals surface area contributed by atoms with Crippen molar-refractivity contribution in [2.45, 2.75) is 129 Å². The number of aryl methyl sites for hydroxylation is 3. The molecule has 4 aromatic carbocycles. The molecule has 14 nitrogen and oxygen atoms in total. The number of fused-ring (bicyclic) bond motifs is 1. The summed E-state index contributed by atoms with van der Waals surface area (Å²) in [6.07, 6.45) is 1.55. The number of halogens is 1. The number of ether oxygens (including phenoxy) is 1. The van der Waals surface area contributed by atoms with Crippen molar-refractivity contribution in [1.82, 2.24) is 20.4 Å². The highest BCUT2D eigenvalue weighted by atomic mass is 35.5. The van der Waals surface area contributed by atoms with E-state index in [1.807, 2.05) is 89.2 Å². The first-order valence-electron chi connectivity index (χ1n) is 23.7. The molecular formula is C53H63ClN6O8S. The van der Waals surface area contributed by atoms with Crippen LogP contribution in [-0.2, 0) is 35.6 Å². The molecule has 366 valence electrons. The minimum absolute atomic E-state index is 0.0995. The second-order valence-corrected chi connectivity index (χ2v) is 23.2. The molecule has 16 heteroatoms. The molecule has 0 aromatic heterocycles. The van der Waals surface area contributed by atoms with Crippen LogP contribution in [0.1, 0.15) is 129 Å². The van der Waals surface area contributed by atoms with Gasteiger partial charge in [-0.1, -0.05) is 73.5 Å². The number of rotatable bonds is 16. The number of benzene rings is 4. The molecule has 3 aliphatic rings. The monoisotopic (exact) mass is 978 g/mol. The maximum absolute atomic E-state index is 15.1. The van der Waals surface area contributed by atoms with E-state index in [1.54, 1.807) is 49.9 Å². The zero-order valence-corrected chi connectivity index (χ0v) is 42.3. The van der Waals surface area contributed by atoms with Crippen LogP contribution in [0.3, 0.4) is 0 Å². The lowest BCUT2D eigenvalue weighted by Gasteiger charge is -2.52. The van der Waals surface area contributed by atoms with Crippen molar-refractivity contribution < 1.29 is 37.1 Å². The van der Waals surface area contributed by atoms with E-state index < -0.39 is 44.0 Å². The number of imide groups is 1. The van der Waals surface area contributed by atoms with E-state index in [2.05, 4.69) is 20.9 Å². The number of nitrogens with zero attached hydrogens (tertiary/aromatic N) is 4. The van der Waals surface area contributed by atoms with E-state index in [0.717, 1.165) is 27.8 Å². The molecule has 69 heavy (non-hydrogen) atoms. The summed E-state index contributed by atoms with van der Waals surface area (Å²) in [5.74, 6) is -1.49. The van der Waals surface area contributed by atoms with Crippen molar-refractivity contribution in [3.63, 3.8) is 0 Å². The lowest BCUT2D eigenvalue weighted by atomic mass is 9.67. The molecule has 2 fully saturated rings. The van der Waals surface area contributed by atoms with Gasteiger partial charge in [-0.15, -0.1) is 0 Å². The van der Waals surface area contributed by atoms with E-state index in [1.165, 1.54) is 4.90 Å². The van der Waals surface area contributed by atoms with Gasteiger partial charge in [-0.2, -0.15) is 10.2 Å².